The molecular weight excluding hydrogens is 352 g/mol. The Morgan fingerprint density at radius 3 is 2.15 bits per heavy atom. The van der Waals surface area contributed by atoms with Crippen LogP contribution in [0.5, 0.6) is 0 Å². The Balaban J connectivity index is 2.73. The molecule has 2 N–H and O–H groups in total. The van der Waals surface area contributed by atoms with E-state index in [0.717, 1.165) is 7.11 Å². The first-order valence-corrected chi connectivity index (χ1v) is 8.49. The summed E-state index contributed by atoms with van der Waals surface area (Å²) in [6.07, 6.45) is -1.03. The smallest absolute Gasteiger partial charge is 0.408 e. The van der Waals surface area contributed by atoms with Crippen LogP contribution in [-0.4, -0.2) is 48.5 Å². The number of alkyl carbamates (subject to hydrolysis) is 1. The molecule has 0 radical (unpaired) electrons. The van der Waals surface area contributed by atoms with Gasteiger partial charge in [-0.05, 0) is 27.7 Å². The normalized spacial score (nSPS) is 13.1. The van der Waals surface area contributed by atoms with Crippen molar-refractivity contribution < 1.29 is 28.7 Å². The summed E-state index contributed by atoms with van der Waals surface area (Å²) in [5.41, 5.74) is -0.294. The van der Waals surface area contributed by atoms with Gasteiger partial charge in [-0.1, -0.05) is 30.3 Å². The second-order valence-corrected chi connectivity index (χ2v) is 6.95. The predicted molar refractivity (Wildman–Crippen MR) is 98.2 cm³/mol. The van der Waals surface area contributed by atoms with Gasteiger partial charge < -0.3 is 20.1 Å². The van der Waals surface area contributed by atoms with Crippen LogP contribution >= 0.6 is 0 Å². The molecule has 8 heteroatoms. The topological polar surface area (TPSA) is 111 Å². The van der Waals surface area contributed by atoms with Gasteiger partial charge in [0.05, 0.1) is 7.11 Å². The molecule has 0 spiro atoms. The highest BCUT2D eigenvalue weighted by Gasteiger charge is 2.28. The summed E-state index contributed by atoms with van der Waals surface area (Å²) in [6.45, 7) is 6.52. The summed E-state index contributed by atoms with van der Waals surface area (Å²) in [5, 5.41) is 4.81. The van der Waals surface area contributed by atoms with Crippen molar-refractivity contribution in [3.63, 3.8) is 0 Å². The molecule has 0 saturated carbocycles. The Morgan fingerprint density at radius 2 is 1.63 bits per heavy atom. The molecule has 148 valence electrons. The SMILES string of the molecule is COC(=O)[C@H](CC(=O)c1ccccc1)NC(=O)[C@H](C)NC(=O)OC(C)(C)C. The maximum Gasteiger partial charge on any atom is 0.408 e. The van der Waals surface area contributed by atoms with Crippen LogP contribution in [0.3, 0.4) is 0 Å². The van der Waals surface area contributed by atoms with E-state index >= 15 is 0 Å². The molecule has 0 aliphatic heterocycles. The summed E-state index contributed by atoms with van der Waals surface area (Å²) < 4.78 is 9.74. The summed E-state index contributed by atoms with van der Waals surface area (Å²) in [5.74, 6) is -1.71. The average Bonchev–Trinajstić information content (AvgIpc) is 2.59. The molecule has 0 fully saturated rings. The molecule has 0 heterocycles. The van der Waals surface area contributed by atoms with Crippen molar-refractivity contribution in [3.8, 4) is 0 Å². The number of ketones is 1. The van der Waals surface area contributed by atoms with E-state index in [1.807, 2.05) is 0 Å². The zero-order chi connectivity index (χ0) is 20.6. The van der Waals surface area contributed by atoms with Crippen molar-refractivity contribution in [3.05, 3.63) is 35.9 Å². The molecule has 8 nitrogen and oxygen atoms in total. The highest BCUT2D eigenvalue weighted by atomic mass is 16.6. The minimum Gasteiger partial charge on any atom is -0.467 e. The van der Waals surface area contributed by atoms with Crippen molar-refractivity contribution in [1.29, 1.82) is 0 Å². The van der Waals surface area contributed by atoms with Gasteiger partial charge in [-0.3, -0.25) is 9.59 Å². The number of benzene rings is 1. The highest BCUT2D eigenvalue weighted by Crippen LogP contribution is 2.08. The molecule has 2 atom stereocenters. The monoisotopic (exact) mass is 378 g/mol. The number of esters is 1. The Kier molecular flexibility index (Phi) is 7.96. The third-order valence-corrected chi connectivity index (χ3v) is 3.41. The number of Topliss-reactive ketones (excluding diaryl/α,β-unsaturated/α-hetero) is 1. The van der Waals surface area contributed by atoms with E-state index in [9.17, 15) is 19.2 Å². The van der Waals surface area contributed by atoms with E-state index in [1.54, 1.807) is 51.1 Å². The number of hydrogen-bond acceptors (Lipinski definition) is 6. The van der Waals surface area contributed by atoms with Crippen molar-refractivity contribution in [2.24, 2.45) is 0 Å². The predicted octanol–water partition coefficient (Wildman–Crippen LogP) is 1.83. The summed E-state index contributed by atoms with van der Waals surface area (Å²) in [4.78, 5) is 48.3. The largest absolute Gasteiger partial charge is 0.467 e. The second-order valence-electron chi connectivity index (χ2n) is 6.95. The van der Waals surface area contributed by atoms with Gasteiger partial charge in [0.25, 0.3) is 0 Å². The van der Waals surface area contributed by atoms with E-state index in [4.69, 9.17) is 4.74 Å². The van der Waals surface area contributed by atoms with Crippen molar-refractivity contribution in [2.75, 3.05) is 7.11 Å². The number of methoxy groups -OCH3 is 1. The van der Waals surface area contributed by atoms with E-state index in [2.05, 4.69) is 15.4 Å². The van der Waals surface area contributed by atoms with Gasteiger partial charge >= 0.3 is 12.1 Å². The van der Waals surface area contributed by atoms with Crippen LogP contribution in [0, 0.1) is 0 Å². The maximum atomic E-state index is 12.3. The van der Waals surface area contributed by atoms with Gasteiger partial charge in [0.1, 0.15) is 17.7 Å². The average molecular weight is 378 g/mol. The summed E-state index contributed by atoms with van der Waals surface area (Å²) >= 11 is 0. The summed E-state index contributed by atoms with van der Waals surface area (Å²) in [7, 11) is 1.16. The quantitative estimate of drug-likeness (QED) is 0.553. The lowest BCUT2D eigenvalue weighted by atomic mass is 10.0. The number of rotatable bonds is 7. The number of nitrogens with one attached hydrogen (secondary N) is 2. The van der Waals surface area contributed by atoms with Crippen LogP contribution in [0.4, 0.5) is 4.79 Å². The zero-order valence-electron chi connectivity index (χ0n) is 16.2. The third kappa shape index (κ3) is 7.89. The first kappa shape index (κ1) is 22.1. The first-order valence-electron chi connectivity index (χ1n) is 8.49. The van der Waals surface area contributed by atoms with E-state index < -0.39 is 35.7 Å². The van der Waals surface area contributed by atoms with Gasteiger partial charge in [0.15, 0.2) is 5.78 Å². The van der Waals surface area contributed by atoms with Gasteiger partial charge in [0.2, 0.25) is 5.91 Å². The fourth-order valence-electron chi connectivity index (χ4n) is 2.11. The highest BCUT2D eigenvalue weighted by molar-refractivity contribution is 6.00. The van der Waals surface area contributed by atoms with Gasteiger partial charge in [0, 0.05) is 12.0 Å². The minimum absolute atomic E-state index is 0.262. The summed E-state index contributed by atoms with van der Waals surface area (Å²) in [6, 6.07) is 6.26. The molecule has 0 aliphatic rings. The fraction of sp³-hybridized carbons (Fsp3) is 0.474. The number of amides is 2. The number of carbonyl (C=O) groups excluding carboxylic acids is 4. The van der Waals surface area contributed by atoms with Gasteiger partial charge in [-0.2, -0.15) is 0 Å². The Labute approximate surface area is 158 Å². The maximum absolute atomic E-state index is 12.3. The molecule has 0 unspecified atom stereocenters. The zero-order valence-corrected chi connectivity index (χ0v) is 16.2. The van der Waals surface area contributed by atoms with Crippen LogP contribution in [0.15, 0.2) is 30.3 Å². The molecule has 1 aromatic rings. The third-order valence-electron chi connectivity index (χ3n) is 3.41. The van der Waals surface area contributed by atoms with E-state index in [-0.39, 0.29) is 12.2 Å². The number of hydrogen-bond donors (Lipinski definition) is 2. The second kappa shape index (κ2) is 9.70. The molecule has 1 aromatic carbocycles. The first-order chi connectivity index (χ1) is 12.5. The Bertz CT molecular complexity index is 681. The van der Waals surface area contributed by atoms with Crippen LogP contribution in [0.2, 0.25) is 0 Å². The minimum atomic E-state index is -1.17. The van der Waals surface area contributed by atoms with Gasteiger partial charge in [-0.15, -0.1) is 0 Å². The molecule has 0 saturated heterocycles. The number of carbonyl (C=O) groups is 4. The molecule has 1 rings (SSSR count). The molecule has 27 heavy (non-hydrogen) atoms. The van der Waals surface area contributed by atoms with E-state index in [0.29, 0.717) is 5.56 Å². The fourth-order valence-corrected chi connectivity index (χ4v) is 2.11. The lowest BCUT2D eigenvalue weighted by Gasteiger charge is -2.23. The van der Waals surface area contributed by atoms with Crippen LogP contribution in [0.1, 0.15) is 44.5 Å². The lowest BCUT2D eigenvalue weighted by molar-refractivity contribution is -0.145. The molecule has 0 aliphatic carbocycles. The number of ether oxygens (including phenoxy) is 2. The molecule has 2 amide bonds. The lowest BCUT2D eigenvalue weighted by Crippen LogP contribution is -2.51. The van der Waals surface area contributed by atoms with Gasteiger partial charge in [-0.25, -0.2) is 9.59 Å². The standard InChI is InChI=1S/C19H26N2O6/c1-12(20-18(25)27-19(2,3)4)16(23)21-14(17(24)26-5)11-15(22)13-9-7-6-8-10-13/h6-10,12,14H,11H2,1-5H3,(H,20,25)(H,21,23)/t12-,14-/m0/s1. The van der Waals surface area contributed by atoms with Crippen LogP contribution in [-0.2, 0) is 19.1 Å². The van der Waals surface area contributed by atoms with E-state index in [1.165, 1.54) is 6.92 Å². The Morgan fingerprint density at radius 1 is 1.04 bits per heavy atom. The van der Waals surface area contributed by atoms with Crippen molar-refractivity contribution in [1.82, 2.24) is 10.6 Å². The van der Waals surface area contributed by atoms with Crippen molar-refractivity contribution >= 4 is 23.8 Å². The van der Waals surface area contributed by atoms with Crippen LogP contribution < -0.4 is 10.6 Å². The van der Waals surface area contributed by atoms with Crippen LogP contribution in [0.25, 0.3) is 0 Å². The Hall–Kier alpha value is -2.90. The molecule has 0 bridgehead atoms. The molecular formula is C19H26N2O6. The molecule has 0 aromatic heterocycles. The van der Waals surface area contributed by atoms with Crippen molar-refractivity contribution in [2.45, 2.75) is 51.8 Å².